The van der Waals surface area contributed by atoms with Crippen molar-refractivity contribution in [3.8, 4) is 0 Å². The molecule has 2 heterocycles. The molecule has 0 saturated heterocycles. The summed E-state index contributed by atoms with van der Waals surface area (Å²) in [5.41, 5.74) is 3.93. The Morgan fingerprint density at radius 1 is 1.37 bits per heavy atom. The second-order valence-electron chi connectivity index (χ2n) is 5.08. The maximum Gasteiger partial charge on any atom is 0.0967 e. The summed E-state index contributed by atoms with van der Waals surface area (Å²) in [6.45, 7) is 2.98. The van der Waals surface area contributed by atoms with Gasteiger partial charge in [0.2, 0.25) is 0 Å². The zero-order chi connectivity index (χ0) is 13.2. The first kappa shape index (κ1) is 12.8. The predicted molar refractivity (Wildman–Crippen MR) is 77.6 cm³/mol. The molecule has 0 saturated carbocycles. The summed E-state index contributed by atoms with van der Waals surface area (Å²) in [5.74, 6) is 0. The molecule has 1 aliphatic rings. The fourth-order valence-corrected chi connectivity index (χ4v) is 3.27. The molecule has 0 atom stereocenters. The van der Waals surface area contributed by atoms with E-state index < -0.39 is 0 Å². The zero-order valence-corrected chi connectivity index (χ0v) is 12.6. The van der Waals surface area contributed by atoms with Crippen molar-refractivity contribution in [1.29, 1.82) is 0 Å². The Bertz CT molecular complexity index is 579. The third kappa shape index (κ3) is 2.87. The van der Waals surface area contributed by atoms with E-state index in [1.165, 1.54) is 22.0 Å². The van der Waals surface area contributed by atoms with Gasteiger partial charge in [0.1, 0.15) is 0 Å². The van der Waals surface area contributed by atoms with Crippen molar-refractivity contribution < 1.29 is 0 Å². The Morgan fingerprint density at radius 3 is 3.05 bits per heavy atom. The standard InChI is InChI=1S/C14H17BrN4/c1-18-9-12(16-17-18)10-19-7-3-5-13-11(8-19)4-2-6-14(13)15/h2,4,6,9H,3,5,7-8,10H2,1H3. The van der Waals surface area contributed by atoms with Crippen LogP contribution in [0.25, 0.3) is 0 Å². The van der Waals surface area contributed by atoms with Gasteiger partial charge in [0.15, 0.2) is 0 Å². The maximum atomic E-state index is 4.18. The van der Waals surface area contributed by atoms with Gasteiger partial charge in [-0.3, -0.25) is 9.58 Å². The highest BCUT2D eigenvalue weighted by molar-refractivity contribution is 9.10. The van der Waals surface area contributed by atoms with E-state index in [1.807, 2.05) is 13.2 Å². The number of aryl methyl sites for hydroxylation is 1. The van der Waals surface area contributed by atoms with Gasteiger partial charge in [-0.2, -0.15) is 0 Å². The van der Waals surface area contributed by atoms with E-state index in [1.54, 1.807) is 4.68 Å². The third-order valence-corrected chi connectivity index (χ3v) is 4.29. The Kier molecular flexibility index (Phi) is 3.66. The van der Waals surface area contributed by atoms with Gasteiger partial charge in [0.05, 0.1) is 5.69 Å². The number of halogens is 1. The van der Waals surface area contributed by atoms with Crippen LogP contribution in [-0.2, 0) is 26.6 Å². The van der Waals surface area contributed by atoms with Crippen LogP contribution in [0, 0.1) is 0 Å². The molecule has 0 unspecified atom stereocenters. The summed E-state index contributed by atoms with van der Waals surface area (Å²) in [5, 5.41) is 8.17. The summed E-state index contributed by atoms with van der Waals surface area (Å²) in [4.78, 5) is 2.45. The molecule has 4 nitrogen and oxygen atoms in total. The largest absolute Gasteiger partial charge is 0.293 e. The molecular formula is C14H17BrN4. The first-order valence-electron chi connectivity index (χ1n) is 6.56. The molecule has 0 fully saturated rings. The molecule has 3 rings (SSSR count). The van der Waals surface area contributed by atoms with E-state index in [0.717, 1.165) is 31.7 Å². The van der Waals surface area contributed by atoms with Gasteiger partial charge < -0.3 is 0 Å². The molecule has 0 aliphatic carbocycles. The number of hydrogen-bond donors (Lipinski definition) is 0. The van der Waals surface area contributed by atoms with Crippen LogP contribution in [0.5, 0.6) is 0 Å². The quantitative estimate of drug-likeness (QED) is 0.852. The molecule has 19 heavy (non-hydrogen) atoms. The van der Waals surface area contributed by atoms with Gasteiger partial charge >= 0.3 is 0 Å². The van der Waals surface area contributed by atoms with Crippen molar-refractivity contribution in [2.75, 3.05) is 6.54 Å². The summed E-state index contributed by atoms with van der Waals surface area (Å²) in [7, 11) is 1.91. The van der Waals surface area contributed by atoms with Crippen LogP contribution in [0.3, 0.4) is 0 Å². The van der Waals surface area contributed by atoms with E-state index in [9.17, 15) is 0 Å². The Morgan fingerprint density at radius 2 is 2.26 bits per heavy atom. The van der Waals surface area contributed by atoms with Gasteiger partial charge in [0.25, 0.3) is 0 Å². The van der Waals surface area contributed by atoms with Gasteiger partial charge in [-0.15, -0.1) is 5.10 Å². The van der Waals surface area contributed by atoms with Crippen molar-refractivity contribution >= 4 is 15.9 Å². The van der Waals surface area contributed by atoms with Gasteiger partial charge in [-0.25, -0.2) is 0 Å². The Hall–Kier alpha value is -1.20. The van der Waals surface area contributed by atoms with E-state index in [4.69, 9.17) is 0 Å². The number of benzene rings is 1. The van der Waals surface area contributed by atoms with Crippen LogP contribution < -0.4 is 0 Å². The number of hydrogen-bond acceptors (Lipinski definition) is 3. The normalized spacial score (nSPS) is 16.1. The van der Waals surface area contributed by atoms with Crippen LogP contribution in [-0.4, -0.2) is 26.4 Å². The van der Waals surface area contributed by atoms with Crippen molar-refractivity contribution in [2.45, 2.75) is 25.9 Å². The number of aromatic nitrogens is 3. The monoisotopic (exact) mass is 320 g/mol. The Balaban J connectivity index is 1.78. The van der Waals surface area contributed by atoms with Gasteiger partial charge in [0, 0.05) is 30.8 Å². The van der Waals surface area contributed by atoms with Crippen molar-refractivity contribution in [3.05, 3.63) is 45.7 Å². The third-order valence-electron chi connectivity index (χ3n) is 3.55. The molecule has 0 spiro atoms. The van der Waals surface area contributed by atoms with Crippen molar-refractivity contribution in [3.63, 3.8) is 0 Å². The van der Waals surface area contributed by atoms with Crippen LogP contribution in [0.2, 0.25) is 0 Å². The fourth-order valence-electron chi connectivity index (χ4n) is 2.66. The molecular weight excluding hydrogens is 304 g/mol. The molecule has 1 aliphatic heterocycles. The predicted octanol–water partition coefficient (Wildman–Crippen LogP) is 2.53. The van der Waals surface area contributed by atoms with Gasteiger partial charge in [-0.1, -0.05) is 33.3 Å². The van der Waals surface area contributed by atoms with Gasteiger partial charge in [-0.05, 0) is 36.6 Å². The summed E-state index contributed by atoms with van der Waals surface area (Å²) in [6, 6.07) is 6.49. The molecule has 0 bridgehead atoms. The average molecular weight is 321 g/mol. The smallest absolute Gasteiger partial charge is 0.0967 e. The van der Waals surface area contributed by atoms with E-state index in [2.05, 4.69) is 49.3 Å². The zero-order valence-electron chi connectivity index (χ0n) is 11.0. The average Bonchev–Trinajstić information content (AvgIpc) is 2.67. The second-order valence-corrected chi connectivity index (χ2v) is 5.93. The minimum absolute atomic E-state index is 0.875. The highest BCUT2D eigenvalue weighted by atomic mass is 79.9. The van der Waals surface area contributed by atoms with E-state index >= 15 is 0 Å². The lowest BCUT2D eigenvalue weighted by Crippen LogP contribution is -2.22. The molecule has 2 aromatic rings. The number of fused-ring (bicyclic) bond motifs is 1. The van der Waals surface area contributed by atoms with Crippen LogP contribution in [0.1, 0.15) is 23.2 Å². The van der Waals surface area contributed by atoms with Crippen molar-refractivity contribution in [2.24, 2.45) is 7.05 Å². The molecule has 1 aromatic carbocycles. The molecule has 100 valence electrons. The summed E-state index contributed by atoms with van der Waals surface area (Å²) >= 11 is 3.66. The highest BCUT2D eigenvalue weighted by Crippen LogP contribution is 2.26. The minimum Gasteiger partial charge on any atom is -0.293 e. The molecule has 5 heteroatoms. The maximum absolute atomic E-state index is 4.18. The minimum atomic E-state index is 0.875. The first-order chi connectivity index (χ1) is 9.22. The van der Waals surface area contributed by atoms with Crippen LogP contribution in [0.4, 0.5) is 0 Å². The number of rotatable bonds is 2. The fraction of sp³-hybridized carbons (Fsp3) is 0.429. The molecule has 1 aromatic heterocycles. The van der Waals surface area contributed by atoms with E-state index in [-0.39, 0.29) is 0 Å². The second kappa shape index (κ2) is 5.43. The topological polar surface area (TPSA) is 34.0 Å². The van der Waals surface area contributed by atoms with Crippen LogP contribution in [0.15, 0.2) is 28.9 Å². The summed E-state index contributed by atoms with van der Waals surface area (Å²) in [6.07, 6.45) is 4.33. The molecule has 0 radical (unpaired) electrons. The molecule has 0 amide bonds. The SMILES string of the molecule is Cn1cc(CN2CCCc3c(Br)cccc3C2)nn1. The van der Waals surface area contributed by atoms with E-state index in [0.29, 0.717) is 0 Å². The lowest BCUT2D eigenvalue weighted by Gasteiger charge is -2.18. The molecule has 0 N–H and O–H groups in total. The highest BCUT2D eigenvalue weighted by Gasteiger charge is 2.17. The van der Waals surface area contributed by atoms with Crippen LogP contribution >= 0.6 is 15.9 Å². The lowest BCUT2D eigenvalue weighted by molar-refractivity contribution is 0.258. The lowest BCUT2D eigenvalue weighted by atomic mass is 10.0. The number of nitrogens with zero attached hydrogens (tertiary/aromatic N) is 4. The Labute approximate surface area is 121 Å². The first-order valence-corrected chi connectivity index (χ1v) is 7.35. The van der Waals surface area contributed by atoms with Crippen molar-refractivity contribution in [1.82, 2.24) is 19.9 Å². The summed E-state index contributed by atoms with van der Waals surface area (Å²) < 4.78 is 3.00.